The van der Waals surface area contributed by atoms with E-state index in [-0.39, 0.29) is 18.0 Å². The zero-order valence-electron chi connectivity index (χ0n) is 13.6. The van der Waals surface area contributed by atoms with Crippen molar-refractivity contribution >= 4 is 16.9 Å². The van der Waals surface area contributed by atoms with Crippen LogP contribution < -0.4 is 5.73 Å². The molecule has 1 aliphatic heterocycles. The topological polar surface area (TPSA) is 59.5 Å². The molecule has 1 aliphatic rings. The Morgan fingerprint density at radius 3 is 2.73 bits per heavy atom. The van der Waals surface area contributed by atoms with Crippen molar-refractivity contribution in [2.75, 3.05) is 6.54 Å². The average molecular weight is 300 g/mol. The standard InChI is InChI=1S/C18H24N2O2/c1-11-8-14-10-17(22-16(14)9-12(11)2)18(21)20-7-5-4-6-15(20)13(3)19/h8-10,13,15H,4-7,19H2,1-3H3. The van der Waals surface area contributed by atoms with E-state index in [0.717, 1.165) is 36.8 Å². The van der Waals surface area contributed by atoms with E-state index in [9.17, 15) is 4.79 Å². The molecule has 4 heteroatoms. The molecule has 0 bridgehead atoms. The fraction of sp³-hybridized carbons (Fsp3) is 0.500. The summed E-state index contributed by atoms with van der Waals surface area (Å²) in [6, 6.07) is 6.03. The molecule has 2 atom stereocenters. The Labute approximate surface area is 131 Å². The summed E-state index contributed by atoms with van der Waals surface area (Å²) in [5, 5.41) is 0.987. The fourth-order valence-corrected chi connectivity index (χ4v) is 3.31. The molecule has 0 spiro atoms. The predicted molar refractivity (Wildman–Crippen MR) is 88.0 cm³/mol. The normalized spacial score (nSPS) is 20.4. The molecule has 3 rings (SSSR count). The van der Waals surface area contributed by atoms with Gasteiger partial charge in [0.15, 0.2) is 5.76 Å². The summed E-state index contributed by atoms with van der Waals surface area (Å²) in [5.41, 5.74) is 9.22. The largest absolute Gasteiger partial charge is 0.451 e. The van der Waals surface area contributed by atoms with E-state index in [1.54, 1.807) is 0 Å². The molecule has 1 amide bonds. The second-order valence-corrected chi connectivity index (χ2v) is 6.51. The van der Waals surface area contributed by atoms with E-state index in [1.165, 1.54) is 11.1 Å². The van der Waals surface area contributed by atoms with Crippen LogP contribution in [0.15, 0.2) is 22.6 Å². The van der Waals surface area contributed by atoms with Crippen molar-refractivity contribution in [3.05, 3.63) is 35.1 Å². The zero-order valence-corrected chi connectivity index (χ0v) is 13.6. The number of carbonyl (C=O) groups is 1. The van der Waals surface area contributed by atoms with Crippen molar-refractivity contribution in [3.63, 3.8) is 0 Å². The van der Waals surface area contributed by atoms with Crippen molar-refractivity contribution < 1.29 is 9.21 Å². The van der Waals surface area contributed by atoms with Crippen molar-refractivity contribution in [2.24, 2.45) is 5.73 Å². The van der Waals surface area contributed by atoms with E-state index < -0.39 is 0 Å². The van der Waals surface area contributed by atoms with Gasteiger partial charge in [-0.3, -0.25) is 4.79 Å². The highest BCUT2D eigenvalue weighted by Crippen LogP contribution is 2.26. The monoisotopic (exact) mass is 300 g/mol. The van der Waals surface area contributed by atoms with Gasteiger partial charge in [-0.1, -0.05) is 0 Å². The third-order valence-corrected chi connectivity index (χ3v) is 4.76. The summed E-state index contributed by atoms with van der Waals surface area (Å²) in [5.74, 6) is 0.390. The maximum Gasteiger partial charge on any atom is 0.289 e. The molecule has 0 radical (unpaired) electrons. The van der Waals surface area contributed by atoms with Gasteiger partial charge in [0.05, 0.1) is 0 Å². The van der Waals surface area contributed by atoms with Crippen LogP contribution in [-0.4, -0.2) is 29.4 Å². The maximum absolute atomic E-state index is 12.8. The third-order valence-electron chi connectivity index (χ3n) is 4.76. The molecule has 0 saturated carbocycles. The van der Waals surface area contributed by atoms with E-state index in [0.29, 0.717) is 5.76 Å². The molecule has 1 saturated heterocycles. The summed E-state index contributed by atoms with van der Waals surface area (Å²) in [7, 11) is 0. The van der Waals surface area contributed by atoms with E-state index in [1.807, 2.05) is 24.0 Å². The SMILES string of the molecule is Cc1cc2cc(C(=O)N3CCCCC3C(C)N)oc2cc1C. The number of likely N-dealkylation sites (tertiary alicyclic amines) is 1. The lowest BCUT2D eigenvalue weighted by Gasteiger charge is -2.37. The first-order valence-corrected chi connectivity index (χ1v) is 8.04. The number of carbonyl (C=O) groups excluding carboxylic acids is 1. The van der Waals surface area contributed by atoms with Crippen molar-refractivity contribution in [1.82, 2.24) is 4.90 Å². The Morgan fingerprint density at radius 1 is 1.27 bits per heavy atom. The molecular formula is C18H24N2O2. The van der Waals surface area contributed by atoms with Crippen molar-refractivity contribution in [2.45, 2.75) is 52.1 Å². The summed E-state index contributed by atoms with van der Waals surface area (Å²) in [6.07, 6.45) is 3.14. The second kappa shape index (κ2) is 5.76. The number of amides is 1. The fourth-order valence-electron chi connectivity index (χ4n) is 3.31. The minimum Gasteiger partial charge on any atom is -0.451 e. The summed E-state index contributed by atoms with van der Waals surface area (Å²) in [6.45, 7) is 6.86. The molecule has 118 valence electrons. The Bertz CT molecular complexity index is 663. The smallest absolute Gasteiger partial charge is 0.289 e. The molecule has 1 aromatic carbocycles. The zero-order chi connectivity index (χ0) is 15.9. The molecule has 1 fully saturated rings. The number of hydrogen-bond donors (Lipinski definition) is 1. The highest BCUT2D eigenvalue weighted by atomic mass is 16.3. The number of benzene rings is 1. The van der Waals surface area contributed by atoms with Crippen LogP contribution in [0, 0.1) is 13.8 Å². The van der Waals surface area contributed by atoms with Gasteiger partial charge in [-0.05, 0) is 69.4 Å². The molecule has 2 unspecified atom stereocenters. The minimum absolute atomic E-state index is 0.0156. The predicted octanol–water partition coefficient (Wildman–Crippen LogP) is 3.39. The van der Waals surface area contributed by atoms with Gasteiger partial charge in [0.25, 0.3) is 5.91 Å². The first-order valence-electron chi connectivity index (χ1n) is 8.04. The van der Waals surface area contributed by atoms with Gasteiger partial charge in [-0.15, -0.1) is 0 Å². The lowest BCUT2D eigenvalue weighted by Crippen LogP contribution is -2.51. The highest BCUT2D eigenvalue weighted by Gasteiger charge is 2.31. The lowest BCUT2D eigenvalue weighted by atomic mass is 9.96. The molecule has 22 heavy (non-hydrogen) atoms. The van der Waals surface area contributed by atoms with Crippen LogP contribution in [0.3, 0.4) is 0 Å². The van der Waals surface area contributed by atoms with Crippen LogP contribution in [0.5, 0.6) is 0 Å². The molecule has 2 aromatic rings. The molecule has 2 N–H and O–H groups in total. The number of hydrogen-bond acceptors (Lipinski definition) is 3. The first-order chi connectivity index (χ1) is 10.5. The van der Waals surface area contributed by atoms with Crippen LogP contribution in [-0.2, 0) is 0 Å². The van der Waals surface area contributed by atoms with Gasteiger partial charge in [0.1, 0.15) is 5.58 Å². The number of piperidine rings is 1. The van der Waals surface area contributed by atoms with Crippen molar-refractivity contribution in [1.29, 1.82) is 0 Å². The molecule has 1 aromatic heterocycles. The minimum atomic E-state index is -0.0338. The quantitative estimate of drug-likeness (QED) is 0.924. The Morgan fingerprint density at radius 2 is 2.00 bits per heavy atom. The number of nitrogens with two attached hydrogens (primary N) is 1. The number of furan rings is 1. The average Bonchev–Trinajstić information content (AvgIpc) is 2.89. The van der Waals surface area contributed by atoms with E-state index in [2.05, 4.69) is 19.9 Å². The Balaban J connectivity index is 1.94. The van der Waals surface area contributed by atoms with Gasteiger partial charge in [-0.2, -0.15) is 0 Å². The van der Waals surface area contributed by atoms with E-state index >= 15 is 0 Å². The van der Waals surface area contributed by atoms with Gasteiger partial charge in [0.2, 0.25) is 0 Å². The van der Waals surface area contributed by atoms with Crippen LogP contribution in [0.25, 0.3) is 11.0 Å². The number of nitrogens with zero attached hydrogens (tertiary/aromatic N) is 1. The molecule has 2 heterocycles. The van der Waals surface area contributed by atoms with Crippen molar-refractivity contribution in [3.8, 4) is 0 Å². The number of aryl methyl sites for hydroxylation is 2. The Kier molecular flexibility index (Phi) is 3.96. The van der Waals surface area contributed by atoms with Crippen LogP contribution >= 0.6 is 0 Å². The van der Waals surface area contributed by atoms with E-state index in [4.69, 9.17) is 10.2 Å². The van der Waals surface area contributed by atoms with Crippen LogP contribution in [0.1, 0.15) is 47.9 Å². The molecule has 0 aliphatic carbocycles. The third kappa shape index (κ3) is 2.63. The Hall–Kier alpha value is -1.81. The molecular weight excluding hydrogens is 276 g/mol. The summed E-state index contributed by atoms with van der Waals surface area (Å²) in [4.78, 5) is 14.7. The number of fused-ring (bicyclic) bond motifs is 1. The van der Waals surface area contributed by atoms with Gasteiger partial charge in [0, 0.05) is 24.0 Å². The molecule has 4 nitrogen and oxygen atoms in total. The van der Waals surface area contributed by atoms with Gasteiger partial charge < -0.3 is 15.1 Å². The number of rotatable bonds is 2. The highest BCUT2D eigenvalue weighted by molar-refractivity contribution is 5.96. The van der Waals surface area contributed by atoms with Gasteiger partial charge >= 0.3 is 0 Å². The maximum atomic E-state index is 12.8. The lowest BCUT2D eigenvalue weighted by molar-refractivity contribution is 0.0554. The summed E-state index contributed by atoms with van der Waals surface area (Å²) < 4.78 is 5.81. The summed E-state index contributed by atoms with van der Waals surface area (Å²) >= 11 is 0. The van der Waals surface area contributed by atoms with Gasteiger partial charge in [-0.25, -0.2) is 0 Å². The second-order valence-electron chi connectivity index (χ2n) is 6.51. The van der Waals surface area contributed by atoms with Crippen LogP contribution in [0.2, 0.25) is 0 Å². The van der Waals surface area contributed by atoms with Crippen LogP contribution in [0.4, 0.5) is 0 Å². The first kappa shape index (κ1) is 15.1.